The van der Waals surface area contributed by atoms with Crippen molar-refractivity contribution in [3.8, 4) is 6.07 Å². The molecule has 0 bridgehead atoms. The quantitative estimate of drug-likeness (QED) is 0.537. The third kappa shape index (κ3) is 1.43. The summed E-state index contributed by atoms with van der Waals surface area (Å²) in [6.07, 6.45) is 0. The molecule has 0 aromatic heterocycles. The Morgan fingerprint density at radius 2 is 2.18 bits per heavy atom. The lowest BCUT2D eigenvalue weighted by Gasteiger charge is -2.01. The van der Waals surface area contributed by atoms with E-state index in [0.29, 0.717) is 0 Å². The zero-order valence-electron chi connectivity index (χ0n) is 6.89. The second kappa shape index (κ2) is 3.25. The molecule has 1 aromatic rings. The van der Waals surface area contributed by atoms with Crippen LogP contribution in [0.25, 0.3) is 0 Å². The lowest BCUT2D eigenvalue weighted by Crippen LogP contribution is -2.15. The summed E-state index contributed by atoms with van der Waals surface area (Å²) in [6, 6.07) is 8.19. The Kier molecular flexibility index (Phi) is 2.33. The molecule has 0 saturated heterocycles. The molecule has 0 spiro atoms. The van der Waals surface area contributed by atoms with E-state index in [0.717, 1.165) is 23.9 Å². The number of nitrogens with zero attached hydrogens (tertiary/aromatic N) is 1. The highest BCUT2D eigenvalue weighted by Crippen LogP contribution is 2.01. The maximum absolute atomic E-state index is 8.78. The maximum atomic E-state index is 8.78. The van der Waals surface area contributed by atoms with Gasteiger partial charge in [0.25, 0.3) is 0 Å². The topological polar surface area (TPSA) is 23.8 Å². The van der Waals surface area contributed by atoms with Crippen molar-refractivity contribution in [2.45, 2.75) is 13.7 Å². The van der Waals surface area contributed by atoms with Crippen molar-refractivity contribution < 1.29 is 0 Å². The zero-order valence-corrected chi connectivity index (χ0v) is 6.89. The van der Waals surface area contributed by atoms with Crippen molar-refractivity contribution in [2.24, 2.45) is 0 Å². The van der Waals surface area contributed by atoms with Gasteiger partial charge in [0, 0.05) is 5.56 Å². The molecule has 0 atom stereocenters. The van der Waals surface area contributed by atoms with E-state index < -0.39 is 0 Å². The SMILES string of the molecule is CBc1cccc(C)c1C#N. The van der Waals surface area contributed by atoms with Gasteiger partial charge in [-0.25, -0.2) is 0 Å². The van der Waals surface area contributed by atoms with Crippen LogP contribution in [0.1, 0.15) is 11.1 Å². The van der Waals surface area contributed by atoms with Crippen LogP contribution in [0.3, 0.4) is 0 Å². The molecule has 54 valence electrons. The van der Waals surface area contributed by atoms with E-state index in [-0.39, 0.29) is 0 Å². The minimum absolute atomic E-state index is 0.843. The monoisotopic (exact) mass is 143 g/mol. The highest BCUT2D eigenvalue weighted by Gasteiger charge is 2.01. The molecule has 1 nitrogen and oxygen atoms in total. The summed E-state index contributed by atoms with van der Waals surface area (Å²) in [5, 5.41) is 8.78. The summed E-state index contributed by atoms with van der Waals surface area (Å²) in [5.41, 5.74) is 3.06. The van der Waals surface area contributed by atoms with E-state index in [9.17, 15) is 0 Å². The van der Waals surface area contributed by atoms with Gasteiger partial charge in [-0.3, -0.25) is 0 Å². The van der Waals surface area contributed by atoms with E-state index in [1.807, 2.05) is 25.1 Å². The predicted molar refractivity (Wildman–Crippen MR) is 48.5 cm³/mol. The lowest BCUT2D eigenvalue weighted by atomic mass is 9.70. The Labute approximate surface area is 67.9 Å². The summed E-state index contributed by atoms with van der Waals surface area (Å²) in [4.78, 5) is 0. The number of aryl methyl sites for hydroxylation is 1. The third-order valence-electron chi connectivity index (χ3n) is 1.85. The molecular weight excluding hydrogens is 133 g/mol. The van der Waals surface area contributed by atoms with Gasteiger partial charge in [-0.1, -0.05) is 30.5 Å². The van der Waals surface area contributed by atoms with E-state index >= 15 is 0 Å². The number of rotatable bonds is 1. The Morgan fingerprint density at radius 3 is 2.64 bits per heavy atom. The van der Waals surface area contributed by atoms with Crippen LogP contribution in [0.4, 0.5) is 0 Å². The second-order valence-electron chi connectivity index (χ2n) is 2.57. The summed E-state index contributed by atoms with van der Waals surface area (Å²) in [5.74, 6) is 0. The zero-order chi connectivity index (χ0) is 8.27. The molecule has 0 radical (unpaired) electrons. The van der Waals surface area contributed by atoms with Gasteiger partial charge >= 0.3 is 0 Å². The van der Waals surface area contributed by atoms with Crippen LogP contribution >= 0.6 is 0 Å². The molecule has 0 fully saturated rings. The Balaban J connectivity index is 3.27. The van der Waals surface area contributed by atoms with Crippen molar-refractivity contribution in [3.63, 3.8) is 0 Å². The van der Waals surface area contributed by atoms with Crippen molar-refractivity contribution in [3.05, 3.63) is 29.3 Å². The number of hydrogen-bond donors (Lipinski definition) is 0. The fourth-order valence-corrected chi connectivity index (χ4v) is 1.18. The van der Waals surface area contributed by atoms with E-state index in [1.165, 1.54) is 0 Å². The molecule has 0 N–H and O–H groups in total. The molecule has 11 heavy (non-hydrogen) atoms. The van der Waals surface area contributed by atoms with Gasteiger partial charge in [-0.2, -0.15) is 5.26 Å². The minimum atomic E-state index is 0.843. The van der Waals surface area contributed by atoms with Crippen LogP contribution in [0.5, 0.6) is 0 Å². The predicted octanol–water partition coefficient (Wildman–Crippen LogP) is 0.977. The maximum Gasteiger partial charge on any atom is 0.156 e. The summed E-state index contributed by atoms with van der Waals surface area (Å²) >= 11 is 0. The average molecular weight is 143 g/mol. The minimum Gasteiger partial charge on any atom is -0.192 e. The molecule has 0 aliphatic heterocycles. The van der Waals surface area contributed by atoms with Crippen LogP contribution in [-0.4, -0.2) is 7.28 Å². The molecule has 0 saturated carbocycles. The smallest absolute Gasteiger partial charge is 0.156 e. The van der Waals surface area contributed by atoms with Crippen LogP contribution in [0.2, 0.25) is 6.82 Å². The van der Waals surface area contributed by atoms with E-state index in [2.05, 4.69) is 12.9 Å². The van der Waals surface area contributed by atoms with Crippen molar-refractivity contribution in [2.75, 3.05) is 0 Å². The van der Waals surface area contributed by atoms with Gasteiger partial charge in [0.05, 0.1) is 6.07 Å². The number of hydrogen-bond acceptors (Lipinski definition) is 1. The number of nitriles is 1. The molecule has 0 aliphatic carbocycles. The molecule has 1 rings (SSSR count). The van der Waals surface area contributed by atoms with Crippen LogP contribution in [-0.2, 0) is 0 Å². The normalized spacial score (nSPS) is 8.82. The van der Waals surface area contributed by atoms with E-state index in [4.69, 9.17) is 5.26 Å². The Bertz CT molecular complexity index is 299. The lowest BCUT2D eigenvalue weighted by molar-refractivity contribution is 1.41. The van der Waals surface area contributed by atoms with Gasteiger partial charge in [0.15, 0.2) is 7.28 Å². The largest absolute Gasteiger partial charge is 0.192 e. The second-order valence-corrected chi connectivity index (χ2v) is 2.57. The molecule has 1 aromatic carbocycles. The number of benzene rings is 1. The van der Waals surface area contributed by atoms with Crippen LogP contribution < -0.4 is 5.46 Å². The Hall–Kier alpha value is -1.23. The van der Waals surface area contributed by atoms with Gasteiger partial charge in [0.1, 0.15) is 0 Å². The first-order chi connectivity index (χ1) is 5.29. The molecule has 0 aliphatic rings. The van der Waals surface area contributed by atoms with E-state index in [1.54, 1.807) is 0 Å². The first-order valence-electron chi connectivity index (χ1n) is 3.78. The van der Waals surface area contributed by atoms with Crippen molar-refractivity contribution >= 4 is 12.7 Å². The van der Waals surface area contributed by atoms with Gasteiger partial charge < -0.3 is 0 Å². The first kappa shape index (κ1) is 7.88. The summed E-state index contributed by atoms with van der Waals surface area (Å²) in [7, 11) is 0.935. The van der Waals surface area contributed by atoms with Gasteiger partial charge in [0.2, 0.25) is 0 Å². The highest BCUT2D eigenvalue weighted by molar-refractivity contribution is 6.52. The van der Waals surface area contributed by atoms with Gasteiger partial charge in [-0.05, 0) is 12.5 Å². The third-order valence-corrected chi connectivity index (χ3v) is 1.85. The van der Waals surface area contributed by atoms with Crippen molar-refractivity contribution in [1.82, 2.24) is 0 Å². The van der Waals surface area contributed by atoms with Crippen LogP contribution in [0.15, 0.2) is 18.2 Å². The highest BCUT2D eigenvalue weighted by atomic mass is 14.2. The molecule has 0 amide bonds. The standard InChI is InChI=1S/C9H10BN/c1-7-4-3-5-9(10-2)8(7)6-11/h3-5,10H,1-2H3. The summed E-state index contributed by atoms with van der Waals surface area (Å²) < 4.78 is 0. The van der Waals surface area contributed by atoms with Crippen molar-refractivity contribution in [1.29, 1.82) is 5.26 Å². The van der Waals surface area contributed by atoms with Crippen LogP contribution in [0, 0.1) is 18.3 Å². The molecule has 2 heteroatoms. The summed E-state index contributed by atoms with van der Waals surface area (Å²) in [6.45, 7) is 4.04. The molecule has 0 unspecified atom stereocenters. The Morgan fingerprint density at radius 1 is 1.45 bits per heavy atom. The van der Waals surface area contributed by atoms with Gasteiger partial charge in [-0.15, -0.1) is 0 Å². The molecular formula is C9H10BN. The average Bonchev–Trinajstić information content (AvgIpc) is 2.04. The fraction of sp³-hybridized carbons (Fsp3) is 0.222. The molecule has 0 heterocycles. The fourth-order valence-electron chi connectivity index (χ4n) is 1.18. The first-order valence-corrected chi connectivity index (χ1v) is 3.78.